The van der Waals surface area contributed by atoms with E-state index in [0.29, 0.717) is 31.9 Å². The van der Waals surface area contributed by atoms with E-state index in [1.807, 2.05) is 18.2 Å². The Hall–Kier alpha value is -2.01. The Morgan fingerprint density at radius 2 is 2.32 bits per heavy atom. The molecule has 1 aromatic rings. The molecule has 0 radical (unpaired) electrons. The molecule has 1 aliphatic rings. The number of rotatable bonds is 7. The fraction of sp³-hybridized carbons (Fsp3) is 0.357. The number of carbonyl (C=O) groups is 1. The number of ether oxygens (including phenoxy) is 1. The van der Waals surface area contributed by atoms with Crippen molar-refractivity contribution >= 4 is 23.0 Å². The molecule has 1 heterocycles. The van der Waals surface area contributed by atoms with E-state index in [0.717, 1.165) is 23.4 Å². The van der Waals surface area contributed by atoms with Gasteiger partial charge in [0.1, 0.15) is 0 Å². The molecule has 0 aromatic heterocycles. The molecule has 19 heavy (non-hydrogen) atoms. The van der Waals surface area contributed by atoms with Gasteiger partial charge in [-0.15, -0.1) is 6.58 Å². The molecule has 0 spiro atoms. The molecule has 0 bridgehead atoms. The summed E-state index contributed by atoms with van der Waals surface area (Å²) in [6.45, 7) is 5.59. The quantitative estimate of drug-likeness (QED) is 0.397. The topological polar surface area (TPSA) is 76.4 Å². The van der Waals surface area contributed by atoms with Crippen molar-refractivity contribution in [3.05, 3.63) is 30.4 Å². The zero-order valence-electron chi connectivity index (χ0n) is 10.9. The Labute approximate surface area is 112 Å². The Balaban J connectivity index is 1.86. The van der Waals surface area contributed by atoms with Crippen molar-refractivity contribution in [3.8, 4) is 0 Å². The second-order valence-electron chi connectivity index (χ2n) is 4.44. The van der Waals surface area contributed by atoms with Crippen LogP contribution in [-0.2, 0) is 16.0 Å². The number of hydrogen-bond donors (Lipinski definition) is 3. The van der Waals surface area contributed by atoms with Crippen LogP contribution in [-0.4, -0.2) is 25.7 Å². The van der Waals surface area contributed by atoms with Crippen molar-refractivity contribution in [1.82, 2.24) is 0 Å². The van der Waals surface area contributed by atoms with Crippen molar-refractivity contribution < 1.29 is 9.53 Å². The highest BCUT2D eigenvalue weighted by Gasteiger charge is 2.18. The van der Waals surface area contributed by atoms with Crippen molar-refractivity contribution in [1.29, 1.82) is 0 Å². The number of nitrogens with two attached hydrogens (primary N) is 1. The highest BCUT2D eigenvalue weighted by molar-refractivity contribution is 6.00. The molecule has 1 amide bonds. The second kappa shape index (κ2) is 6.24. The van der Waals surface area contributed by atoms with Crippen LogP contribution in [0.25, 0.3) is 0 Å². The van der Waals surface area contributed by atoms with Crippen LogP contribution in [0.3, 0.4) is 0 Å². The number of fused-ring (bicyclic) bond motifs is 1. The lowest BCUT2D eigenvalue weighted by molar-refractivity contribution is -0.115. The third kappa shape index (κ3) is 3.48. The van der Waals surface area contributed by atoms with Gasteiger partial charge in [-0.3, -0.25) is 4.79 Å². The van der Waals surface area contributed by atoms with Gasteiger partial charge in [0.15, 0.2) is 0 Å². The smallest absolute Gasteiger partial charge is 0.228 e. The van der Waals surface area contributed by atoms with Crippen molar-refractivity contribution in [3.63, 3.8) is 0 Å². The molecule has 1 aliphatic heterocycles. The van der Waals surface area contributed by atoms with Crippen LogP contribution < -0.4 is 16.4 Å². The fourth-order valence-corrected chi connectivity index (χ4v) is 1.97. The first kappa shape index (κ1) is 13.4. The third-order valence-electron chi connectivity index (χ3n) is 2.93. The van der Waals surface area contributed by atoms with Gasteiger partial charge < -0.3 is 21.1 Å². The Bertz CT molecular complexity index is 486. The number of hydrogen-bond acceptors (Lipinski definition) is 4. The summed E-state index contributed by atoms with van der Waals surface area (Å²) in [7, 11) is 0. The van der Waals surface area contributed by atoms with E-state index in [1.165, 1.54) is 0 Å². The van der Waals surface area contributed by atoms with Gasteiger partial charge in [0.25, 0.3) is 0 Å². The van der Waals surface area contributed by atoms with Crippen molar-refractivity contribution in [2.75, 3.05) is 36.1 Å². The molecule has 102 valence electrons. The van der Waals surface area contributed by atoms with Crippen molar-refractivity contribution in [2.45, 2.75) is 12.8 Å². The molecule has 1 aromatic carbocycles. The van der Waals surface area contributed by atoms with Gasteiger partial charge in [-0.2, -0.15) is 0 Å². The average molecular weight is 261 g/mol. The minimum Gasteiger partial charge on any atom is -0.397 e. The minimum absolute atomic E-state index is 0.0132. The van der Waals surface area contributed by atoms with E-state index in [1.54, 1.807) is 0 Å². The van der Waals surface area contributed by atoms with Gasteiger partial charge in [0.2, 0.25) is 5.91 Å². The van der Waals surface area contributed by atoms with E-state index in [2.05, 4.69) is 17.2 Å². The first-order valence-electron chi connectivity index (χ1n) is 6.35. The lowest BCUT2D eigenvalue weighted by atomic mass is 10.1. The molecule has 0 atom stereocenters. The standard InChI is InChI=1S/C14H19N3O2/c1-2-3-5-19-6-4-16-13-9-12-10(7-11(13)15)8-14(18)17-12/h2,7,9,16H,1,3-6,8,15H2,(H,17,18). The molecule has 5 nitrogen and oxygen atoms in total. The van der Waals surface area contributed by atoms with Crippen molar-refractivity contribution in [2.24, 2.45) is 0 Å². The van der Waals surface area contributed by atoms with Crippen LogP contribution in [0.1, 0.15) is 12.0 Å². The van der Waals surface area contributed by atoms with E-state index >= 15 is 0 Å². The van der Waals surface area contributed by atoms with Gasteiger partial charge in [-0.1, -0.05) is 6.08 Å². The van der Waals surface area contributed by atoms with Crippen LogP contribution in [0.4, 0.5) is 17.1 Å². The predicted molar refractivity (Wildman–Crippen MR) is 77.3 cm³/mol. The van der Waals surface area contributed by atoms with E-state index < -0.39 is 0 Å². The Morgan fingerprint density at radius 3 is 3.11 bits per heavy atom. The Kier molecular flexibility index (Phi) is 4.41. The number of anilines is 3. The normalized spacial score (nSPS) is 12.9. The molecule has 4 N–H and O–H groups in total. The van der Waals surface area contributed by atoms with Crippen LogP contribution in [0.2, 0.25) is 0 Å². The summed E-state index contributed by atoms with van der Waals surface area (Å²) in [6.07, 6.45) is 3.09. The number of benzene rings is 1. The zero-order chi connectivity index (χ0) is 13.7. The monoisotopic (exact) mass is 261 g/mol. The summed E-state index contributed by atoms with van der Waals surface area (Å²) in [5.74, 6) is 0.0132. The SMILES string of the molecule is C=CCCOCCNc1cc2c(cc1N)CC(=O)N2. The highest BCUT2D eigenvalue weighted by Crippen LogP contribution is 2.31. The van der Waals surface area contributed by atoms with Crippen LogP contribution >= 0.6 is 0 Å². The fourth-order valence-electron chi connectivity index (χ4n) is 1.97. The highest BCUT2D eigenvalue weighted by atomic mass is 16.5. The lowest BCUT2D eigenvalue weighted by Crippen LogP contribution is -2.11. The lowest BCUT2D eigenvalue weighted by Gasteiger charge is -2.11. The first-order valence-corrected chi connectivity index (χ1v) is 6.35. The van der Waals surface area contributed by atoms with E-state index in [-0.39, 0.29) is 5.91 Å². The molecule has 0 aliphatic carbocycles. The molecule has 0 unspecified atom stereocenters. The largest absolute Gasteiger partial charge is 0.397 e. The summed E-state index contributed by atoms with van der Waals surface area (Å²) < 4.78 is 5.40. The van der Waals surface area contributed by atoms with Gasteiger partial charge >= 0.3 is 0 Å². The Morgan fingerprint density at radius 1 is 1.47 bits per heavy atom. The minimum atomic E-state index is 0.0132. The summed E-state index contributed by atoms with van der Waals surface area (Å²) in [6, 6.07) is 3.72. The van der Waals surface area contributed by atoms with Gasteiger partial charge in [0, 0.05) is 12.2 Å². The average Bonchev–Trinajstić information content (AvgIpc) is 2.72. The first-order chi connectivity index (χ1) is 9.20. The van der Waals surface area contributed by atoms with Crippen LogP contribution in [0, 0.1) is 0 Å². The molecule has 0 saturated carbocycles. The molecule has 5 heteroatoms. The summed E-state index contributed by atoms with van der Waals surface area (Å²) >= 11 is 0. The molecule has 0 fully saturated rings. The van der Waals surface area contributed by atoms with Crippen LogP contribution in [0.15, 0.2) is 24.8 Å². The molecule has 2 rings (SSSR count). The summed E-state index contributed by atoms with van der Waals surface area (Å²) in [5, 5.41) is 6.01. The number of carbonyl (C=O) groups excluding carboxylic acids is 1. The summed E-state index contributed by atoms with van der Waals surface area (Å²) in [4.78, 5) is 11.3. The number of nitrogens with one attached hydrogen (secondary N) is 2. The maximum Gasteiger partial charge on any atom is 0.228 e. The van der Waals surface area contributed by atoms with E-state index in [4.69, 9.17) is 10.5 Å². The van der Waals surface area contributed by atoms with Gasteiger partial charge in [-0.25, -0.2) is 0 Å². The maximum absolute atomic E-state index is 11.3. The zero-order valence-corrected chi connectivity index (χ0v) is 10.9. The summed E-state index contributed by atoms with van der Waals surface area (Å²) in [5.41, 5.74) is 9.22. The van der Waals surface area contributed by atoms with Gasteiger partial charge in [-0.05, 0) is 24.1 Å². The maximum atomic E-state index is 11.3. The predicted octanol–water partition coefficient (Wildman–Crippen LogP) is 1.77. The van der Waals surface area contributed by atoms with E-state index in [9.17, 15) is 4.79 Å². The van der Waals surface area contributed by atoms with Crippen LogP contribution in [0.5, 0.6) is 0 Å². The second-order valence-corrected chi connectivity index (χ2v) is 4.44. The third-order valence-corrected chi connectivity index (χ3v) is 2.93. The number of amides is 1. The molecule has 0 saturated heterocycles. The number of nitrogen functional groups attached to an aromatic ring is 1. The molecular formula is C14H19N3O2. The molecular weight excluding hydrogens is 242 g/mol. The van der Waals surface area contributed by atoms with Gasteiger partial charge in [0.05, 0.1) is 31.0 Å².